The number of rotatable bonds is 3. The molecule has 2 rings (SSSR count). The lowest BCUT2D eigenvalue weighted by Gasteiger charge is -2.23. The Balaban J connectivity index is 0.00000220. The molecule has 1 atom stereocenters. The molecule has 0 unspecified atom stereocenters. The molecule has 0 spiro atoms. The van der Waals surface area contributed by atoms with E-state index in [9.17, 15) is 9.59 Å². The summed E-state index contributed by atoms with van der Waals surface area (Å²) in [5, 5.41) is 8.71. The first-order valence-corrected chi connectivity index (χ1v) is 6.64. The number of hydrogen-bond acceptors (Lipinski definition) is 4. The molecule has 0 radical (unpaired) electrons. The van der Waals surface area contributed by atoms with Crippen molar-refractivity contribution < 1.29 is 14.3 Å². The maximum Gasteiger partial charge on any atom is 0.254 e. The second-order valence-electron chi connectivity index (χ2n) is 4.32. The Bertz CT molecular complexity index is 519. The third-order valence-electron chi connectivity index (χ3n) is 2.93. The minimum absolute atomic E-state index is 0. The largest absolute Gasteiger partial charge is 0.366 e. The SMILES string of the molecule is CNC(=O)c1cc(Cl)ccc1NC(=O)[C@H]1CNCCO1.Cl. The lowest BCUT2D eigenvalue weighted by Crippen LogP contribution is -2.45. The van der Waals surface area contributed by atoms with Crippen LogP contribution < -0.4 is 16.0 Å². The van der Waals surface area contributed by atoms with Crippen molar-refractivity contribution in [3.8, 4) is 0 Å². The van der Waals surface area contributed by atoms with Crippen LogP contribution >= 0.6 is 24.0 Å². The fraction of sp³-hybridized carbons (Fsp3) is 0.385. The maximum absolute atomic E-state index is 12.1. The van der Waals surface area contributed by atoms with Crippen LogP contribution in [0.5, 0.6) is 0 Å². The van der Waals surface area contributed by atoms with Gasteiger partial charge in [-0.05, 0) is 18.2 Å². The van der Waals surface area contributed by atoms with Crippen molar-refractivity contribution in [2.45, 2.75) is 6.10 Å². The smallest absolute Gasteiger partial charge is 0.254 e. The van der Waals surface area contributed by atoms with Gasteiger partial charge >= 0.3 is 0 Å². The van der Waals surface area contributed by atoms with Crippen molar-refractivity contribution in [1.29, 1.82) is 0 Å². The van der Waals surface area contributed by atoms with Crippen molar-refractivity contribution in [1.82, 2.24) is 10.6 Å². The van der Waals surface area contributed by atoms with Gasteiger partial charge in [0.05, 0.1) is 17.9 Å². The van der Waals surface area contributed by atoms with Crippen LogP contribution in [-0.4, -0.2) is 44.7 Å². The summed E-state index contributed by atoms with van der Waals surface area (Å²) in [7, 11) is 1.52. The number of benzene rings is 1. The zero-order valence-electron chi connectivity index (χ0n) is 11.4. The normalized spacial score (nSPS) is 17.5. The summed E-state index contributed by atoms with van der Waals surface area (Å²) in [6.07, 6.45) is -0.558. The van der Waals surface area contributed by atoms with Crippen LogP contribution in [0.2, 0.25) is 5.02 Å². The average molecular weight is 334 g/mol. The van der Waals surface area contributed by atoms with Gasteiger partial charge in [0.25, 0.3) is 11.8 Å². The highest BCUT2D eigenvalue weighted by atomic mass is 35.5. The number of amides is 2. The lowest BCUT2D eigenvalue weighted by atomic mass is 10.1. The molecule has 6 nitrogen and oxygen atoms in total. The standard InChI is InChI=1S/C13H16ClN3O3.ClH/c1-15-12(18)9-6-8(14)2-3-10(9)17-13(19)11-7-16-4-5-20-11;/h2-3,6,11,16H,4-5,7H2,1H3,(H,15,18)(H,17,19);1H/t11-;/m1./s1. The van der Waals surface area contributed by atoms with Gasteiger partial charge in [0.1, 0.15) is 6.10 Å². The third-order valence-corrected chi connectivity index (χ3v) is 3.17. The minimum atomic E-state index is -0.558. The molecule has 2 amide bonds. The average Bonchev–Trinajstić information content (AvgIpc) is 2.49. The second-order valence-corrected chi connectivity index (χ2v) is 4.76. The zero-order valence-corrected chi connectivity index (χ0v) is 13.0. The van der Waals surface area contributed by atoms with Crippen molar-refractivity contribution in [2.75, 3.05) is 32.1 Å². The molecule has 1 aromatic rings. The summed E-state index contributed by atoms with van der Waals surface area (Å²) in [6, 6.07) is 4.72. The van der Waals surface area contributed by atoms with E-state index in [-0.39, 0.29) is 24.2 Å². The number of morpholine rings is 1. The van der Waals surface area contributed by atoms with E-state index in [0.717, 1.165) is 6.54 Å². The predicted octanol–water partition coefficient (Wildman–Crippen LogP) is 1.05. The molecular formula is C13H17Cl2N3O3. The van der Waals surface area contributed by atoms with Gasteiger partial charge in [-0.25, -0.2) is 0 Å². The molecule has 3 N–H and O–H groups in total. The van der Waals surface area contributed by atoms with E-state index >= 15 is 0 Å². The molecule has 116 valence electrons. The first kappa shape index (κ1) is 17.7. The van der Waals surface area contributed by atoms with E-state index in [1.54, 1.807) is 12.1 Å². The molecule has 1 saturated heterocycles. The number of carbonyl (C=O) groups excluding carboxylic acids is 2. The van der Waals surface area contributed by atoms with E-state index in [4.69, 9.17) is 16.3 Å². The Morgan fingerprint density at radius 2 is 2.19 bits per heavy atom. The Kier molecular flexibility index (Phi) is 6.91. The van der Waals surface area contributed by atoms with E-state index in [2.05, 4.69) is 16.0 Å². The van der Waals surface area contributed by atoms with Gasteiger partial charge in [-0.1, -0.05) is 11.6 Å². The van der Waals surface area contributed by atoms with Gasteiger partial charge in [-0.15, -0.1) is 12.4 Å². The highest BCUT2D eigenvalue weighted by molar-refractivity contribution is 6.31. The Hall–Kier alpha value is -1.34. The van der Waals surface area contributed by atoms with E-state index < -0.39 is 6.10 Å². The highest BCUT2D eigenvalue weighted by Gasteiger charge is 2.23. The molecule has 0 aromatic heterocycles. The van der Waals surface area contributed by atoms with Crippen LogP contribution in [0, 0.1) is 0 Å². The van der Waals surface area contributed by atoms with E-state index in [1.807, 2.05) is 0 Å². The number of anilines is 1. The molecule has 0 saturated carbocycles. The zero-order chi connectivity index (χ0) is 14.5. The molecule has 21 heavy (non-hydrogen) atoms. The van der Waals surface area contributed by atoms with E-state index in [0.29, 0.717) is 29.4 Å². The molecular weight excluding hydrogens is 317 g/mol. The summed E-state index contributed by atoms with van der Waals surface area (Å²) in [5.74, 6) is -0.602. The molecule has 0 bridgehead atoms. The maximum atomic E-state index is 12.1. The fourth-order valence-electron chi connectivity index (χ4n) is 1.90. The van der Waals surface area contributed by atoms with Crippen LogP contribution in [0.3, 0.4) is 0 Å². The first-order valence-electron chi connectivity index (χ1n) is 6.26. The van der Waals surface area contributed by atoms with Crippen LogP contribution in [0.4, 0.5) is 5.69 Å². The molecule has 8 heteroatoms. The van der Waals surface area contributed by atoms with E-state index in [1.165, 1.54) is 13.1 Å². The monoisotopic (exact) mass is 333 g/mol. The number of carbonyl (C=O) groups is 2. The van der Waals surface area contributed by atoms with Crippen molar-refractivity contribution >= 4 is 41.5 Å². The molecule has 1 aliphatic rings. The fourth-order valence-corrected chi connectivity index (χ4v) is 2.07. The summed E-state index contributed by atoms with van der Waals surface area (Å²) in [5.41, 5.74) is 0.727. The summed E-state index contributed by atoms with van der Waals surface area (Å²) in [6.45, 7) is 1.67. The molecule has 0 aliphatic carbocycles. The summed E-state index contributed by atoms with van der Waals surface area (Å²) in [4.78, 5) is 23.9. The van der Waals surface area contributed by atoms with Crippen LogP contribution in [-0.2, 0) is 9.53 Å². The van der Waals surface area contributed by atoms with Gasteiger partial charge < -0.3 is 20.7 Å². The van der Waals surface area contributed by atoms with Crippen LogP contribution in [0.1, 0.15) is 10.4 Å². The Labute approximate surface area is 134 Å². The second kappa shape index (κ2) is 8.19. The van der Waals surface area contributed by atoms with Crippen LogP contribution in [0.25, 0.3) is 0 Å². The van der Waals surface area contributed by atoms with Gasteiger partial charge in [0.2, 0.25) is 0 Å². The van der Waals surface area contributed by atoms with Crippen molar-refractivity contribution in [2.24, 2.45) is 0 Å². The quantitative estimate of drug-likeness (QED) is 0.772. The van der Waals surface area contributed by atoms with Crippen LogP contribution in [0.15, 0.2) is 18.2 Å². The molecule has 1 heterocycles. The molecule has 1 aliphatic heterocycles. The third kappa shape index (κ3) is 4.57. The predicted molar refractivity (Wildman–Crippen MR) is 83.3 cm³/mol. The Morgan fingerprint density at radius 1 is 1.43 bits per heavy atom. The summed E-state index contributed by atoms with van der Waals surface area (Å²) < 4.78 is 5.36. The number of ether oxygens (including phenoxy) is 1. The van der Waals surface area contributed by atoms with Gasteiger partial charge in [-0.2, -0.15) is 0 Å². The Morgan fingerprint density at radius 3 is 2.81 bits per heavy atom. The molecule has 1 fully saturated rings. The number of halogens is 2. The highest BCUT2D eigenvalue weighted by Crippen LogP contribution is 2.21. The number of nitrogens with one attached hydrogen (secondary N) is 3. The molecule has 1 aromatic carbocycles. The van der Waals surface area contributed by atoms with Crippen molar-refractivity contribution in [3.63, 3.8) is 0 Å². The number of hydrogen-bond donors (Lipinski definition) is 3. The van der Waals surface area contributed by atoms with Gasteiger partial charge in [-0.3, -0.25) is 9.59 Å². The van der Waals surface area contributed by atoms with Gasteiger partial charge in [0, 0.05) is 25.2 Å². The topological polar surface area (TPSA) is 79.5 Å². The van der Waals surface area contributed by atoms with Crippen molar-refractivity contribution in [3.05, 3.63) is 28.8 Å². The summed E-state index contributed by atoms with van der Waals surface area (Å²) >= 11 is 5.88. The minimum Gasteiger partial charge on any atom is -0.366 e. The van der Waals surface area contributed by atoms with Gasteiger partial charge in [0.15, 0.2) is 0 Å². The lowest BCUT2D eigenvalue weighted by molar-refractivity contribution is -0.128. The first-order chi connectivity index (χ1) is 9.61.